The summed E-state index contributed by atoms with van der Waals surface area (Å²) < 4.78 is 0. The Morgan fingerprint density at radius 1 is 1.35 bits per heavy atom. The number of rotatable bonds is 4. The molecule has 1 unspecified atom stereocenters. The maximum absolute atomic E-state index is 11.3. The second-order valence-electron chi connectivity index (χ2n) is 4.44. The van der Waals surface area contributed by atoms with Crippen LogP contribution in [0.2, 0.25) is 5.02 Å². The highest BCUT2D eigenvalue weighted by Gasteiger charge is 2.26. The molecule has 0 aromatic heterocycles. The van der Waals surface area contributed by atoms with Crippen LogP contribution in [0, 0.1) is 0 Å². The minimum absolute atomic E-state index is 0.298. The van der Waals surface area contributed by atoms with Gasteiger partial charge in [0.05, 0.1) is 0 Å². The Kier molecular flexibility index (Phi) is 4.02. The Labute approximate surface area is 106 Å². The van der Waals surface area contributed by atoms with Crippen molar-refractivity contribution in [3.05, 3.63) is 34.9 Å². The molecule has 0 radical (unpaired) electrons. The summed E-state index contributed by atoms with van der Waals surface area (Å²) in [5.41, 5.74) is 0.647. The molecule has 3 nitrogen and oxygen atoms in total. The van der Waals surface area contributed by atoms with Gasteiger partial charge in [-0.2, -0.15) is 0 Å². The SMILES string of the molecule is O=C(O)C(NC1CCCC1)c1ccccc1Cl. The number of carboxylic acid groups (broad SMARTS) is 1. The van der Waals surface area contributed by atoms with Gasteiger partial charge in [-0.3, -0.25) is 10.1 Å². The van der Waals surface area contributed by atoms with Crippen molar-refractivity contribution in [3.63, 3.8) is 0 Å². The highest BCUT2D eigenvalue weighted by molar-refractivity contribution is 6.31. The topological polar surface area (TPSA) is 49.3 Å². The number of carbonyl (C=O) groups is 1. The average Bonchev–Trinajstić information content (AvgIpc) is 2.79. The molecule has 1 fully saturated rings. The Hall–Kier alpha value is -1.06. The van der Waals surface area contributed by atoms with Crippen LogP contribution in [0.15, 0.2) is 24.3 Å². The quantitative estimate of drug-likeness (QED) is 0.867. The average molecular weight is 254 g/mol. The molecule has 2 N–H and O–H groups in total. The highest BCUT2D eigenvalue weighted by Crippen LogP contribution is 2.26. The van der Waals surface area contributed by atoms with E-state index in [0.717, 1.165) is 12.8 Å². The summed E-state index contributed by atoms with van der Waals surface area (Å²) >= 11 is 6.05. The first-order chi connectivity index (χ1) is 8.18. The third kappa shape index (κ3) is 2.99. The van der Waals surface area contributed by atoms with Gasteiger partial charge in [-0.15, -0.1) is 0 Å². The number of hydrogen-bond acceptors (Lipinski definition) is 2. The first kappa shape index (κ1) is 12.4. The number of hydrogen-bond donors (Lipinski definition) is 2. The van der Waals surface area contributed by atoms with Crippen LogP contribution in [-0.4, -0.2) is 17.1 Å². The van der Waals surface area contributed by atoms with E-state index in [0.29, 0.717) is 16.6 Å². The van der Waals surface area contributed by atoms with E-state index in [1.807, 2.05) is 6.07 Å². The minimum atomic E-state index is -0.870. The van der Waals surface area contributed by atoms with Crippen molar-refractivity contribution in [1.29, 1.82) is 0 Å². The smallest absolute Gasteiger partial charge is 0.325 e. The summed E-state index contributed by atoms with van der Waals surface area (Å²) in [6.45, 7) is 0. The van der Waals surface area contributed by atoms with Crippen LogP contribution < -0.4 is 5.32 Å². The fraction of sp³-hybridized carbons (Fsp3) is 0.462. The summed E-state index contributed by atoms with van der Waals surface area (Å²) in [5, 5.41) is 13.0. The molecule has 17 heavy (non-hydrogen) atoms. The molecular weight excluding hydrogens is 238 g/mol. The monoisotopic (exact) mass is 253 g/mol. The molecule has 1 aliphatic carbocycles. The van der Waals surface area contributed by atoms with Crippen LogP contribution in [0.5, 0.6) is 0 Å². The Bertz CT molecular complexity index is 402. The van der Waals surface area contributed by atoms with Crippen LogP contribution in [0.4, 0.5) is 0 Å². The molecule has 1 saturated carbocycles. The summed E-state index contributed by atoms with van der Waals surface area (Å²) in [7, 11) is 0. The zero-order chi connectivity index (χ0) is 12.3. The number of nitrogens with one attached hydrogen (secondary N) is 1. The molecule has 2 rings (SSSR count). The van der Waals surface area contributed by atoms with Gasteiger partial charge in [0.15, 0.2) is 0 Å². The molecule has 92 valence electrons. The molecular formula is C13H16ClNO2. The predicted molar refractivity (Wildman–Crippen MR) is 67.2 cm³/mol. The van der Waals surface area contributed by atoms with E-state index in [-0.39, 0.29) is 0 Å². The lowest BCUT2D eigenvalue weighted by Crippen LogP contribution is -2.35. The van der Waals surface area contributed by atoms with Crippen molar-refractivity contribution in [3.8, 4) is 0 Å². The standard InChI is InChI=1S/C13H16ClNO2/c14-11-8-4-3-7-10(11)12(13(16)17)15-9-5-1-2-6-9/h3-4,7-9,12,15H,1-2,5-6H2,(H,16,17). The van der Waals surface area contributed by atoms with E-state index in [1.165, 1.54) is 12.8 Å². The summed E-state index contributed by atoms with van der Waals surface area (Å²) in [4.78, 5) is 11.3. The molecule has 0 aliphatic heterocycles. The second kappa shape index (κ2) is 5.52. The van der Waals surface area contributed by atoms with Crippen LogP contribution in [0.1, 0.15) is 37.3 Å². The first-order valence-corrected chi connectivity index (χ1v) is 6.29. The van der Waals surface area contributed by atoms with Crippen molar-refractivity contribution in [2.45, 2.75) is 37.8 Å². The fourth-order valence-corrected chi connectivity index (χ4v) is 2.58. The van der Waals surface area contributed by atoms with Gasteiger partial charge >= 0.3 is 5.97 Å². The van der Waals surface area contributed by atoms with Gasteiger partial charge in [-0.05, 0) is 24.5 Å². The van der Waals surface area contributed by atoms with Crippen molar-refractivity contribution in [1.82, 2.24) is 5.32 Å². The molecule has 4 heteroatoms. The van der Waals surface area contributed by atoms with E-state index in [4.69, 9.17) is 11.6 Å². The Morgan fingerprint density at radius 2 is 2.00 bits per heavy atom. The summed E-state index contributed by atoms with van der Waals surface area (Å²) in [6.07, 6.45) is 4.45. The predicted octanol–water partition coefficient (Wildman–Crippen LogP) is 3.00. The largest absolute Gasteiger partial charge is 0.480 e. The maximum atomic E-state index is 11.3. The van der Waals surface area contributed by atoms with Gasteiger partial charge in [0, 0.05) is 11.1 Å². The zero-order valence-corrected chi connectivity index (χ0v) is 10.3. The summed E-state index contributed by atoms with van der Waals surface area (Å²) in [6, 6.07) is 6.71. The number of carboxylic acids is 1. The molecule has 0 spiro atoms. The molecule has 1 aliphatic rings. The van der Waals surface area contributed by atoms with Crippen LogP contribution >= 0.6 is 11.6 Å². The first-order valence-electron chi connectivity index (χ1n) is 5.92. The van der Waals surface area contributed by atoms with Crippen molar-refractivity contribution in [2.24, 2.45) is 0 Å². The van der Waals surface area contributed by atoms with Gasteiger partial charge in [-0.1, -0.05) is 42.6 Å². The number of aliphatic carboxylic acids is 1. The molecule has 0 amide bonds. The zero-order valence-electron chi connectivity index (χ0n) is 9.53. The normalized spacial score (nSPS) is 18.2. The van der Waals surface area contributed by atoms with Crippen molar-refractivity contribution >= 4 is 17.6 Å². The van der Waals surface area contributed by atoms with Gasteiger partial charge in [0.2, 0.25) is 0 Å². The molecule has 0 saturated heterocycles. The molecule has 0 heterocycles. The molecule has 1 aromatic carbocycles. The minimum Gasteiger partial charge on any atom is -0.480 e. The molecule has 1 atom stereocenters. The Balaban J connectivity index is 2.17. The van der Waals surface area contributed by atoms with E-state index in [2.05, 4.69) is 5.32 Å². The van der Waals surface area contributed by atoms with Gasteiger partial charge in [0.25, 0.3) is 0 Å². The lowest BCUT2D eigenvalue weighted by molar-refractivity contribution is -0.139. The lowest BCUT2D eigenvalue weighted by Gasteiger charge is -2.20. The number of benzene rings is 1. The Morgan fingerprint density at radius 3 is 2.59 bits per heavy atom. The maximum Gasteiger partial charge on any atom is 0.325 e. The number of halogens is 1. The second-order valence-corrected chi connectivity index (χ2v) is 4.85. The molecule has 1 aromatic rings. The fourth-order valence-electron chi connectivity index (χ4n) is 2.33. The third-order valence-electron chi connectivity index (χ3n) is 3.22. The van der Waals surface area contributed by atoms with Crippen LogP contribution in [0.3, 0.4) is 0 Å². The van der Waals surface area contributed by atoms with E-state index >= 15 is 0 Å². The lowest BCUT2D eigenvalue weighted by atomic mass is 10.1. The van der Waals surface area contributed by atoms with E-state index in [9.17, 15) is 9.90 Å². The molecule has 0 bridgehead atoms. The van der Waals surface area contributed by atoms with Gasteiger partial charge < -0.3 is 5.11 Å². The highest BCUT2D eigenvalue weighted by atomic mass is 35.5. The summed E-state index contributed by atoms with van der Waals surface area (Å²) in [5.74, 6) is -0.870. The van der Waals surface area contributed by atoms with Gasteiger partial charge in [0.1, 0.15) is 6.04 Å². The third-order valence-corrected chi connectivity index (χ3v) is 3.56. The van der Waals surface area contributed by atoms with Crippen LogP contribution in [-0.2, 0) is 4.79 Å². The van der Waals surface area contributed by atoms with Crippen molar-refractivity contribution < 1.29 is 9.90 Å². The van der Waals surface area contributed by atoms with Gasteiger partial charge in [-0.25, -0.2) is 0 Å². The van der Waals surface area contributed by atoms with Crippen molar-refractivity contribution in [2.75, 3.05) is 0 Å². The van der Waals surface area contributed by atoms with E-state index < -0.39 is 12.0 Å². The van der Waals surface area contributed by atoms with Crippen LogP contribution in [0.25, 0.3) is 0 Å². The van der Waals surface area contributed by atoms with E-state index in [1.54, 1.807) is 18.2 Å².